The van der Waals surface area contributed by atoms with Crippen molar-refractivity contribution in [1.29, 1.82) is 5.26 Å². The fourth-order valence-electron chi connectivity index (χ4n) is 1.13. The van der Waals surface area contributed by atoms with Crippen molar-refractivity contribution in [1.82, 2.24) is 4.98 Å². The Hall–Kier alpha value is -1.74. The summed E-state index contributed by atoms with van der Waals surface area (Å²) in [5.74, 6) is -0.813. The van der Waals surface area contributed by atoms with E-state index in [9.17, 15) is 13.6 Å². The van der Waals surface area contributed by atoms with Crippen LogP contribution < -0.4 is 0 Å². The van der Waals surface area contributed by atoms with Crippen LogP contribution in [0, 0.1) is 11.3 Å². The second kappa shape index (κ2) is 5.55. The van der Waals surface area contributed by atoms with Crippen molar-refractivity contribution in [3.8, 4) is 6.07 Å². The lowest BCUT2D eigenvalue weighted by atomic mass is 10.2. The molecule has 0 aliphatic heterocycles. The lowest BCUT2D eigenvalue weighted by Gasteiger charge is -2.07. The molecule has 7 heteroatoms. The minimum Gasteiger partial charge on any atom is -0.461 e. The number of halogens is 3. The van der Waals surface area contributed by atoms with Gasteiger partial charge in [0.25, 0.3) is 6.43 Å². The number of nitriles is 1. The molecule has 1 aromatic rings. The lowest BCUT2D eigenvalue weighted by molar-refractivity contribution is 0.0518. The third kappa shape index (κ3) is 2.88. The lowest BCUT2D eigenvalue weighted by Crippen LogP contribution is -2.10. The van der Waals surface area contributed by atoms with Gasteiger partial charge in [0.2, 0.25) is 0 Å². The van der Waals surface area contributed by atoms with Gasteiger partial charge in [-0.15, -0.1) is 0 Å². The van der Waals surface area contributed by atoms with Gasteiger partial charge in [-0.25, -0.2) is 18.6 Å². The number of carbonyl (C=O) groups excluding carboxylic acids is 1. The van der Waals surface area contributed by atoms with Crippen molar-refractivity contribution >= 4 is 17.6 Å². The molecular formula is C10H7ClF2N2O2. The molecule has 0 spiro atoms. The molecule has 1 aromatic heterocycles. The van der Waals surface area contributed by atoms with Crippen molar-refractivity contribution in [3.63, 3.8) is 0 Å². The highest BCUT2D eigenvalue weighted by Crippen LogP contribution is 2.29. The Kier molecular flexibility index (Phi) is 4.35. The van der Waals surface area contributed by atoms with Gasteiger partial charge in [-0.2, -0.15) is 5.26 Å². The molecular weight excluding hydrogens is 254 g/mol. The standard InChI is InChI=1S/C10H7ClF2N2O2/c1-2-17-10(16)6-3-5(11)8(9(12)13)7(4-14)15-6/h3,9H,2H2,1H3. The number of ether oxygens (including phenoxy) is 1. The summed E-state index contributed by atoms with van der Waals surface area (Å²) in [6, 6.07) is 2.43. The maximum atomic E-state index is 12.6. The highest BCUT2D eigenvalue weighted by atomic mass is 35.5. The third-order valence-electron chi connectivity index (χ3n) is 1.82. The summed E-state index contributed by atoms with van der Waals surface area (Å²) in [6.07, 6.45) is -2.93. The van der Waals surface area contributed by atoms with Gasteiger partial charge in [0, 0.05) is 0 Å². The van der Waals surface area contributed by atoms with Gasteiger partial charge in [0.15, 0.2) is 11.4 Å². The zero-order valence-corrected chi connectivity index (χ0v) is 9.46. The predicted octanol–water partition coefficient (Wildman–Crippen LogP) is 2.72. The number of nitrogens with zero attached hydrogens (tertiary/aromatic N) is 2. The van der Waals surface area contributed by atoms with E-state index in [0.29, 0.717) is 0 Å². The van der Waals surface area contributed by atoms with Gasteiger partial charge in [-0.3, -0.25) is 0 Å². The van der Waals surface area contributed by atoms with Crippen LogP contribution in [-0.4, -0.2) is 17.6 Å². The zero-order valence-electron chi connectivity index (χ0n) is 8.71. The molecule has 0 radical (unpaired) electrons. The monoisotopic (exact) mass is 260 g/mol. The zero-order chi connectivity index (χ0) is 13.0. The van der Waals surface area contributed by atoms with E-state index in [1.165, 1.54) is 6.07 Å². The van der Waals surface area contributed by atoms with E-state index in [1.54, 1.807) is 6.92 Å². The molecule has 0 aromatic carbocycles. The molecule has 0 aliphatic rings. The number of aromatic nitrogens is 1. The van der Waals surface area contributed by atoms with Gasteiger partial charge in [0.05, 0.1) is 17.2 Å². The molecule has 1 heterocycles. The normalized spacial score (nSPS) is 10.1. The van der Waals surface area contributed by atoms with Gasteiger partial charge < -0.3 is 4.74 Å². The van der Waals surface area contributed by atoms with Gasteiger partial charge in [-0.05, 0) is 13.0 Å². The molecule has 0 unspecified atom stereocenters. The molecule has 17 heavy (non-hydrogen) atoms. The molecule has 1 rings (SSSR count). The minimum atomic E-state index is -2.93. The first-order valence-electron chi connectivity index (χ1n) is 4.57. The molecule has 0 atom stereocenters. The van der Waals surface area contributed by atoms with Crippen LogP contribution in [0.2, 0.25) is 5.02 Å². The van der Waals surface area contributed by atoms with Crippen molar-refractivity contribution in [3.05, 3.63) is 28.0 Å². The van der Waals surface area contributed by atoms with Crippen LogP contribution in [0.15, 0.2) is 6.07 Å². The first kappa shape index (κ1) is 13.3. The Morgan fingerprint density at radius 1 is 1.71 bits per heavy atom. The van der Waals surface area contributed by atoms with Gasteiger partial charge in [-0.1, -0.05) is 11.6 Å². The van der Waals surface area contributed by atoms with Gasteiger partial charge >= 0.3 is 5.97 Å². The second-order valence-corrected chi connectivity index (χ2v) is 3.29. The highest BCUT2D eigenvalue weighted by molar-refractivity contribution is 6.31. The smallest absolute Gasteiger partial charge is 0.357 e. The Morgan fingerprint density at radius 3 is 2.82 bits per heavy atom. The molecule has 0 N–H and O–H groups in total. The van der Waals surface area contributed by atoms with Crippen molar-refractivity contribution in [2.75, 3.05) is 6.61 Å². The summed E-state index contributed by atoms with van der Waals surface area (Å²) in [7, 11) is 0. The molecule has 90 valence electrons. The van der Waals surface area contributed by atoms with Crippen LogP contribution in [0.1, 0.15) is 35.1 Å². The van der Waals surface area contributed by atoms with Crippen molar-refractivity contribution in [2.24, 2.45) is 0 Å². The Bertz CT molecular complexity index is 486. The maximum Gasteiger partial charge on any atom is 0.357 e. The molecule has 0 saturated heterocycles. The molecule has 0 bridgehead atoms. The molecule has 4 nitrogen and oxygen atoms in total. The molecule has 0 amide bonds. The van der Waals surface area contributed by atoms with Crippen LogP contribution in [0.4, 0.5) is 8.78 Å². The number of carbonyl (C=O) groups is 1. The van der Waals surface area contributed by atoms with E-state index < -0.39 is 23.7 Å². The van der Waals surface area contributed by atoms with E-state index in [4.69, 9.17) is 16.9 Å². The van der Waals surface area contributed by atoms with E-state index in [2.05, 4.69) is 9.72 Å². The summed E-state index contributed by atoms with van der Waals surface area (Å²) < 4.78 is 29.8. The number of hydrogen-bond acceptors (Lipinski definition) is 4. The van der Waals surface area contributed by atoms with Crippen LogP contribution in [-0.2, 0) is 4.74 Å². The fourth-order valence-corrected chi connectivity index (χ4v) is 1.40. The first-order valence-corrected chi connectivity index (χ1v) is 4.94. The quantitative estimate of drug-likeness (QED) is 0.784. The summed E-state index contributed by atoms with van der Waals surface area (Å²) in [5.41, 5.74) is -1.52. The number of hydrogen-bond donors (Lipinski definition) is 0. The molecule has 0 aliphatic carbocycles. The van der Waals surface area contributed by atoms with E-state index in [1.807, 2.05) is 0 Å². The number of esters is 1. The number of rotatable bonds is 3. The maximum absolute atomic E-state index is 12.6. The summed E-state index contributed by atoms with van der Waals surface area (Å²) in [5, 5.41) is 8.29. The largest absolute Gasteiger partial charge is 0.461 e. The van der Waals surface area contributed by atoms with E-state index >= 15 is 0 Å². The Balaban J connectivity index is 3.28. The highest BCUT2D eigenvalue weighted by Gasteiger charge is 2.22. The first-order chi connectivity index (χ1) is 8.01. The Labute approximate surface area is 101 Å². The van der Waals surface area contributed by atoms with Crippen LogP contribution in [0.25, 0.3) is 0 Å². The van der Waals surface area contributed by atoms with E-state index in [0.717, 1.165) is 6.07 Å². The SMILES string of the molecule is CCOC(=O)c1cc(Cl)c(C(F)F)c(C#N)n1. The summed E-state index contributed by atoms with van der Waals surface area (Å²) in [6.45, 7) is 1.69. The molecule has 0 saturated carbocycles. The average molecular weight is 261 g/mol. The minimum absolute atomic E-state index is 0.108. The van der Waals surface area contributed by atoms with Crippen LogP contribution in [0.3, 0.4) is 0 Å². The summed E-state index contributed by atoms with van der Waals surface area (Å²) >= 11 is 5.57. The fraction of sp³-hybridized carbons (Fsp3) is 0.300. The summed E-state index contributed by atoms with van der Waals surface area (Å²) in [4.78, 5) is 14.8. The van der Waals surface area contributed by atoms with Gasteiger partial charge in [0.1, 0.15) is 6.07 Å². The average Bonchev–Trinajstić information content (AvgIpc) is 2.27. The predicted molar refractivity (Wildman–Crippen MR) is 54.9 cm³/mol. The third-order valence-corrected chi connectivity index (χ3v) is 2.13. The van der Waals surface area contributed by atoms with Crippen LogP contribution in [0.5, 0.6) is 0 Å². The van der Waals surface area contributed by atoms with Crippen LogP contribution >= 0.6 is 11.6 Å². The second-order valence-electron chi connectivity index (χ2n) is 2.88. The number of alkyl halides is 2. The molecule has 0 fully saturated rings. The number of pyridine rings is 1. The topological polar surface area (TPSA) is 63.0 Å². The van der Waals surface area contributed by atoms with E-state index in [-0.39, 0.29) is 17.3 Å². The Morgan fingerprint density at radius 2 is 2.35 bits per heavy atom. The van der Waals surface area contributed by atoms with Crippen molar-refractivity contribution < 1.29 is 18.3 Å². The van der Waals surface area contributed by atoms with Crippen molar-refractivity contribution in [2.45, 2.75) is 13.3 Å².